The molecule has 206 valence electrons. The molecule has 4 fully saturated rings. The Balaban J connectivity index is 1.26. The first-order valence-corrected chi connectivity index (χ1v) is 15.1. The Morgan fingerprint density at radius 2 is 1.85 bits per heavy atom. The van der Waals surface area contributed by atoms with E-state index in [1.54, 1.807) is 18.2 Å². The molecule has 1 aromatic heterocycles. The molecule has 1 unspecified atom stereocenters. The van der Waals surface area contributed by atoms with Crippen molar-refractivity contribution < 1.29 is 17.9 Å². The number of hydrogen-bond acceptors (Lipinski definition) is 8. The minimum Gasteiger partial charge on any atom is -0.375 e. The third-order valence-electron chi connectivity index (χ3n) is 8.55. The first kappa shape index (κ1) is 26.0. The van der Waals surface area contributed by atoms with E-state index < -0.39 is 10.0 Å². The van der Waals surface area contributed by atoms with Crippen LogP contribution in [0.15, 0.2) is 41.3 Å². The maximum absolute atomic E-state index is 13.6. The van der Waals surface area contributed by atoms with Crippen molar-refractivity contribution in [3.63, 3.8) is 0 Å². The van der Waals surface area contributed by atoms with Crippen molar-refractivity contribution in [1.82, 2.24) is 9.29 Å². The number of rotatable bonds is 6. The topological polar surface area (TPSA) is 119 Å². The third-order valence-corrected chi connectivity index (χ3v) is 10.4. The number of nitriles is 1. The molecule has 1 saturated carbocycles. The van der Waals surface area contributed by atoms with Crippen molar-refractivity contribution in [3.8, 4) is 6.07 Å². The van der Waals surface area contributed by atoms with Gasteiger partial charge < -0.3 is 19.9 Å². The molecule has 1 N–H and O–H groups in total. The van der Waals surface area contributed by atoms with Gasteiger partial charge in [-0.3, -0.25) is 4.79 Å². The highest BCUT2D eigenvalue weighted by molar-refractivity contribution is 7.89. The number of anilines is 3. The molecule has 3 saturated heterocycles. The van der Waals surface area contributed by atoms with E-state index in [0.29, 0.717) is 29.1 Å². The molecule has 11 heteroatoms. The lowest BCUT2D eigenvalue weighted by atomic mass is 9.93. The Bertz CT molecular complexity index is 1400. The van der Waals surface area contributed by atoms with Gasteiger partial charge in [-0.25, -0.2) is 13.4 Å². The van der Waals surface area contributed by atoms with E-state index in [4.69, 9.17) is 10.00 Å². The Hall–Kier alpha value is -3.20. The van der Waals surface area contributed by atoms with E-state index in [1.807, 2.05) is 19.1 Å². The second kappa shape index (κ2) is 10.1. The van der Waals surface area contributed by atoms with Crippen LogP contribution in [0.5, 0.6) is 0 Å². The number of nitrogens with one attached hydrogen (secondary N) is 1. The van der Waals surface area contributed by atoms with Crippen molar-refractivity contribution in [3.05, 3.63) is 42.0 Å². The van der Waals surface area contributed by atoms with Gasteiger partial charge in [0.05, 0.1) is 40.8 Å². The summed E-state index contributed by atoms with van der Waals surface area (Å²) in [6.45, 7) is 6.09. The zero-order chi connectivity index (χ0) is 27.2. The fraction of sp³-hybridized carbons (Fsp3) is 0.536. The first-order chi connectivity index (χ1) is 18.8. The van der Waals surface area contributed by atoms with Crippen LogP contribution in [-0.2, 0) is 14.8 Å². The zero-order valence-corrected chi connectivity index (χ0v) is 23.0. The van der Waals surface area contributed by atoms with Crippen LogP contribution < -0.4 is 15.1 Å². The number of amides is 1. The molecular weight excluding hydrogens is 516 g/mol. The van der Waals surface area contributed by atoms with Gasteiger partial charge in [0.25, 0.3) is 5.91 Å². The number of carbonyl (C=O) groups excluding carboxylic acids is 1. The molecule has 4 aliphatic rings. The Labute approximate surface area is 229 Å². The van der Waals surface area contributed by atoms with Gasteiger partial charge in [-0.2, -0.15) is 9.57 Å². The van der Waals surface area contributed by atoms with E-state index in [0.717, 1.165) is 44.8 Å². The monoisotopic (exact) mass is 550 g/mol. The fourth-order valence-electron chi connectivity index (χ4n) is 5.77. The number of sulfonamides is 1. The second-order valence-electron chi connectivity index (χ2n) is 11.3. The molecular formula is C28H34N6O4S. The molecule has 1 atom stereocenters. The van der Waals surface area contributed by atoms with Crippen LogP contribution in [0, 0.1) is 22.7 Å². The van der Waals surface area contributed by atoms with Crippen LogP contribution >= 0.6 is 0 Å². The summed E-state index contributed by atoms with van der Waals surface area (Å²) in [7, 11) is -3.75. The van der Waals surface area contributed by atoms with Gasteiger partial charge >= 0.3 is 0 Å². The molecule has 1 aromatic carbocycles. The number of carbonyl (C=O) groups is 1. The molecule has 0 bridgehead atoms. The highest BCUT2D eigenvalue weighted by Crippen LogP contribution is 2.54. The van der Waals surface area contributed by atoms with Gasteiger partial charge in [-0.15, -0.1) is 0 Å². The average molecular weight is 551 g/mol. The summed E-state index contributed by atoms with van der Waals surface area (Å²) in [5, 5.41) is 12.0. The average Bonchev–Trinajstić information content (AvgIpc) is 3.66. The molecule has 1 amide bonds. The molecule has 2 aromatic rings. The van der Waals surface area contributed by atoms with E-state index in [9.17, 15) is 13.2 Å². The molecule has 0 radical (unpaired) electrons. The van der Waals surface area contributed by atoms with Crippen molar-refractivity contribution in [2.24, 2.45) is 11.3 Å². The first-order valence-electron chi connectivity index (χ1n) is 13.7. The minimum atomic E-state index is -3.75. The number of pyridine rings is 1. The van der Waals surface area contributed by atoms with E-state index in [2.05, 4.69) is 26.2 Å². The van der Waals surface area contributed by atoms with Crippen LogP contribution in [0.4, 0.5) is 17.3 Å². The summed E-state index contributed by atoms with van der Waals surface area (Å²) in [4.78, 5) is 22.7. The largest absolute Gasteiger partial charge is 0.375 e. The van der Waals surface area contributed by atoms with Crippen LogP contribution in [0.1, 0.15) is 43.0 Å². The SMILES string of the molecule is CC1CN(c2cccc(NC(=O)c3ccc(S(=O)(=O)N4CC(C#N)C4)cc3N3CCC4(CC3)CC4)n2)CCO1. The maximum atomic E-state index is 13.6. The molecule has 1 aliphatic carbocycles. The number of ether oxygens (including phenoxy) is 1. The summed E-state index contributed by atoms with van der Waals surface area (Å²) in [6, 6.07) is 12.4. The van der Waals surface area contributed by atoms with Gasteiger partial charge in [-0.05, 0) is 68.4 Å². The lowest BCUT2D eigenvalue weighted by molar-refractivity contribution is 0.0529. The van der Waals surface area contributed by atoms with E-state index in [-0.39, 0.29) is 35.9 Å². The van der Waals surface area contributed by atoms with Crippen molar-refractivity contribution in [1.29, 1.82) is 5.26 Å². The number of morpholine rings is 1. The molecule has 3 aliphatic heterocycles. The highest BCUT2D eigenvalue weighted by atomic mass is 32.2. The van der Waals surface area contributed by atoms with Crippen molar-refractivity contribution in [2.45, 2.75) is 43.6 Å². The predicted octanol–water partition coefficient (Wildman–Crippen LogP) is 3.08. The number of hydrogen-bond donors (Lipinski definition) is 1. The molecule has 1 spiro atoms. The fourth-order valence-corrected chi connectivity index (χ4v) is 7.32. The number of benzene rings is 1. The van der Waals surface area contributed by atoms with Crippen LogP contribution in [0.25, 0.3) is 0 Å². The van der Waals surface area contributed by atoms with Crippen LogP contribution in [0.3, 0.4) is 0 Å². The zero-order valence-electron chi connectivity index (χ0n) is 22.2. The predicted molar refractivity (Wildman–Crippen MR) is 147 cm³/mol. The van der Waals surface area contributed by atoms with Crippen molar-refractivity contribution in [2.75, 3.05) is 61.0 Å². The second-order valence-corrected chi connectivity index (χ2v) is 13.2. The van der Waals surface area contributed by atoms with Crippen molar-refractivity contribution >= 4 is 33.3 Å². The highest BCUT2D eigenvalue weighted by Gasteiger charge is 2.45. The number of aromatic nitrogens is 1. The van der Waals surface area contributed by atoms with Gasteiger partial charge in [0.2, 0.25) is 10.0 Å². The third kappa shape index (κ3) is 5.21. The molecule has 39 heavy (non-hydrogen) atoms. The van der Waals surface area contributed by atoms with Gasteiger partial charge in [-0.1, -0.05) is 6.07 Å². The molecule has 10 nitrogen and oxygen atoms in total. The Kier molecular flexibility index (Phi) is 6.73. The lowest BCUT2D eigenvalue weighted by Gasteiger charge is -2.36. The number of nitrogens with zero attached hydrogens (tertiary/aromatic N) is 5. The quantitative estimate of drug-likeness (QED) is 0.583. The van der Waals surface area contributed by atoms with E-state index in [1.165, 1.54) is 23.2 Å². The summed E-state index contributed by atoms with van der Waals surface area (Å²) in [5.41, 5.74) is 1.49. The summed E-state index contributed by atoms with van der Waals surface area (Å²) in [5.74, 6) is 0.623. The van der Waals surface area contributed by atoms with Gasteiger partial charge in [0, 0.05) is 39.3 Å². The van der Waals surface area contributed by atoms with Crippen LogP contribution in [0.2, 0.25) is 0 Å². The molecule has 6 rings (SSSR count). The number of piperidine rings is 1. The summed E-state index contributed by atoms with van der Waals surface area (Å²) < 4.78 is 33.5. The Morgan fingerprint density at radius 3 is 2.54 bits per heavy atom. The summed E-state index contributed by atoms with van der Waals surface area (Å²) >= 11 is 0. The smallest absolute Gasteiger partial charge is 0.258 e. The van der Waals surface area contributed by atoms with Gasteiger partial charge in [0.1, 0.15) is 11.6 Å². The standard InChI is InChI=1S/C28H34N6O4S/c1-20-17-33(13-14-38-20)26-4-2-3-25(30-26)31-27(35)23-6-5-22(39(36,37)34-18-21(16-29)19-34)15-24(23)32-11-9-28(7-8-28)10-12-32/h2-6,15,20-21H,7-14,17-19H2,1H3,(H,30,31,35). The normalized spacial score (nSPS) is 23.2. The van der Waals surface area contributed by atoms with E-state index >= 15 is 0 Å². The molecule has 4 heterocycles. The lowest BCUT2D eigenvalue weighted by Crippen LogP contribution is -2.49. The van der Waals surface area contributed by atoms with Crippen LogP contribution in [-0.4, -0.2) is 75.6 Å². The maximum Gasteiger partial charge on any atom is 0.258 e. The minimum absolute atomic E-state index is 0.109. The van der Waals surface area contributed by atoms with Gasteiger partial charge in [0.15, 0.2) is 0 Å². The Morgan fingerprint density at radius 1 is 1.08 bits per heavy atom. The summed E-state index contributed by atoms with van der Waals surface area (Å²) in [6.07, 6.45) is 4.70.